The lowest BCUT2D eigenvalue weighted by atomic mass is 10.2. The van der Waals surface area contributed by atoms with E-state index in [9.17, 15) is 4.39 Å². The van der Waals surface area contributed by atoms with Crippen molar-refractivity contribution in [3.8, 4) is 5.95 Å². The third-order valence-electron chi connectivity index (χ3n) is 1.56. The van der Waals surface area contributed by atoms with Crippen LogP contribution in [0.1, 0.15) is 0 Å². The van der Waals surface area contributed by atoms with Crippen LogP contribution in [0.15, 0.2) is 28.7 Å². The molecular formula is C8H5FO2. The molecule has 1 N–H and O–H groups in total. The van der Waals surface area contributed by atoms with Crippen molar-refractivity contribution >= 4 is 10.8 Å². The average Bonchev–Trinajstić information content (AvgIpc) is 2.30. The van der Waals surface area contributed by atoms with Crippen molar-refractivity contribution < 1.29 is 13.9 Å². The highest BCUT2D eigenvalue weighted by molar-refractivity contribution is 5.86. The first-order valence-corrected chi connectivity index (χ1v) is 3.15. The molecule has 0 saturated heterocycles. The van der Waals surface area contributed by atoms with E-state index in [0.29, 0.717) is 10.8 Å². The van der Waals surface area contributed by atoms with Crippen LogP contribution in [0.2, 0.25) is 0 Å². The zero-order valence-electron chi connectivity index (χ0n) is 5.54. The first-order valence-electron chi connectivity index (χ1n) is 3.15. The molecule has 0 spiro atoms. The van der Waals surface area contributed by atoms with Crippen LogP contribution in [-0.4, -0.2) is 5.11 Å². The molecule has 0 unspecified atom stereocenters. The number of furan rings is 1. The Hall–Kier alpha value is -1.51. The average molecular weight is 152 g/mol. The van der Waals surface area contributed by atoms with E-state index in [0.717, 1.165) is 0 Å². The molecule has 11 heavy (non-hydrogen) atoms. The first kappa shape index (κ1) is 6.22. The minimum atomic E-state index is -0.738. The van der Waals surface area contributed by atoms with Gasteiger partial charge in [0.25, 0.3) is 12.0 Å². The lowest BCUT2D eigenvalue weighted by Crippen LogP contribution is -1.65. The molecule has 0 bridgehead atoms. The van der Waals surface area contributed by atoms with Gasteiger partial charge in [-0.3, -0.25) is 0 Å². The Bertz CT molecular complexity index is 356. The summed E-state index contributed by atoms with van der Waals surface area (Å²) >= 11 is 0. The molecule has 56 valence electrons. The van der Waals surface area contributed by atoms with E-state index in [-0.39, 0.29) is 5.95 Å². The number of fused-ring (bicyclic) bond motifs is 1. The molecule has 2 nitrogen and oxygen atoms in total. The third kappa shape index (κ3) is 0.774. The predicted molar refractivity (Wildman–Crippen MR) is 37.8 cm³/mol. The highest BCUT2D eigenvalue weighted by Gasteiger charge is 2.09. The quantitative estimate of drug-likeness (QED) is 0.628. The van der Waals surface area contributed by atoms with E-state index in [4.69, 9.17) is 5.11 Å². The molecule has 0 fully saturated rings. The highest BCUT2D eigenvalue weighted by atomic mass is 19.1. The SMILES string of the molecule is Oc1oc(F)c2ccccc12. The van der Waals surface area contributed by atoms with Crippen LogP contribution >= 0.6 is 0 Å². The van der Waals surface area contributed by atoms with Gasteiger partial charge in [0.15, 0.2) is 0 Å². The predicted octanol–water partition coefficient (Wildman–Crippen LogP) is 2.28. The zero-order chi connectivity index (χ0) is 7.84. The van der Waals surface area contributed by atoms with E-state index in [1.54, 1.807) is 24.3 Å². The zero-order valence-corrected chi connectivity index (χ0v) is 5.54. The van der Waals surface area contributed by atoms with Crippen LogP contribution in [-0.2, 0) is 0 Å². The van der Waals surface area contributed by atoms with Gasteiger partial charge in [0, 0.05) is 0 Å². The van der Waals surface area contributed by atoms with Gasteiger partial charge in [0.2, 0.25) is 0 Å². The molecule has 2 rings (SSSR count). The standard InChI is InChI=1S/C8H5FO2/c9-7-5-3-1-2-4-6(5)8(10)11-7/h1-4,10H. The molecule has 0 aliphatic rings. The fraction of sp³-hybridized carbons (Fsp3) is 0. The molecule has 1 heterocycles. The fourth-order valence-corrected chi connectivity index (χ4v) is 1.04. The van der Waals surface area contributed by atoms with Crippen molar-refractivity contribution in [3.05, 3.63) is 30.3 Å². The van der Waals surface area contributed by atoms with Gasteiger partial charge in [-0.25, -0.2) is 0 Å². The summed E-state index contributed by atoms with van der Waals surface area (Å²) < 4.78 is 17.0. The number of aromatic hydroxyl groups is 1. The van der Waals surface area contributed by atoms with Crippen molar-refractivity contribution in [2.75, 3.05) is 0 Å². The summed E-state index contributed by atoms with van der Waals surface area (Å²) in [5.74, 6) is -0.363. The maximum absolute atomic E-state index is 12.7. The summed E-state index contributed by atoms with van der Waals surface area (Å²) in [6.07, 6.45) is 0. The van der Waals surface area contributed by atoms with Gasteiger partial charge >= 0.3 is 0 Å². The Morgan fingerprint density at radius 1 is 1.18 bits per heavy atom. The number of hydrogen-bond donors (Lipinski definition) is 1. The van der Waals surface area contributed by atoms with Crippen molar-refractivity contribution in [2.24, 2.45) is 0 Å². The van der Waals surface area contributed by atoms with Gasteiger partial charge < -0.3 is 9.52 Å². The minimum absolute atomic E-state index is 0.310. The lowest BCUT2D eigenvalue weighted by molar-refractivity contribution is 0.271. The summed E-state index contributed by atoms with van der Waals surface area (Å²) in [5, 5.41) is 9.70. The van der Waals surface area contributed by atoms with Crippen LogP contribution in [0.4, 0.5) is 4.39 Å². The van der Waals surface area contributed by atoms with Crippen LogP contribution in [0.5, 0.6) is 5.95 Å². The van der Waals surface area contributed by atoms with Gasteiger partial charge in [-0.2, -0.15) is 4.39 Å². The molecule has 0 aliphatic carbocycles. The Morgan fingerprint density at radius 2 is 1.82 bits per heavy atom. The number of halogens is 1. The molecule has 0 radical (unpaired) electrons. The number of rotatable bonds is 0. The van der Waals surface area contributed by atoms with Gasteiger partial charge in [-0.1, -0.05) is 12.1 Å². The smallest absolute Gasteiger partial charge is 0.292 e. The van der Waals surface area contributed by atoms with Gasteiger partial charge in [-0.05, 0) is 12.1 Å². The largest absolute Gasteiger partial charge is 0.480 e. The lowest BCUT2D eigenvalue weighted by Gasteiger charge is -1.83. The molecule has 1 aromatic carbocycles. The van der Waals surface area contributed by atoms with Crippen LogP contribution in [0.25, 0.3) is 10.8 Å². The normalized spacial score (nSPS) is 10.6. The van der Waals surface area contributed by atoms with Crippen molar-refractivity contribution in [2.45, 2.75) is 0 Å². The molecule has 0 amide bonds. The van der Waals surface area contributed by atoms with E-state index in [1.807, 2.05) is 0 Å². The number of hydrogen-bond acceptors (Lipinski definition) is 2. The molecule has 0 saturated carbocycles. The minimum Gasteiger partial charge on any atom is -0.480 e. The maximum Gasteiger partial charge on any atom is 0.292 e. The summed E-state index contributed by atoms with van der Waals surface area (Å²) in [4.78, 5) is 0. The second-order valence-corrected chi connectivity index (χ2v) is 2.23. The maximum atomic E-state index is 12.7. The van der Waals surface area contributed by atoms with E-state index < -0.39 is 6.01 Å². The molecule has 0 atom stereocenters. The molecule has 1 aromatic heterocycles. The second-order valence-electron chi connectivity index (χ2n) is 2.23. The van der Waals surface area contributed by atoms with Crippen molar-refractivity contribution in [1.82, 2.24) is 0 Å². The molecule has 3 heteroatoms. The molecular weight excluding hydrogens is 147 g/mol. The summed E-state index contributed by atoms with van der Waals surface area (Å²) in [7, 11) is 0. The van der Waals surface area contributed by atoms with Crippen LogP contribution in [0, 0.1) is 6.01 Å². The third-order valence-corrected chi connectivity index (χ3v) is 1.56. The Labute approximate surface area is 61.9 Å². The Morgan fingerprint density at radius 3 is 2.45 bits per heavy atom. The fourth-order valence-electron chi connectivity index (χ4n) is 1.04. The van der Waals surface area contributed by atoms with E-state index >= 15 is 0 Å². The summed E-state index contributed by atoms with van der Waals surface area (Å²) in [6.45, 7) is 0. The topological polar surface area (TPSA) is 33.4 Å². The van der Waals surface area contributed by atoms with Crippen LogP contribution in [0.3, 0.4) is 0 Å². The van der Waals surface area contributed by atoms with Crippen molar-refractivity contribution in [1.29, 1.82) is 0 Å². The Kier molecular flexibility index (Phi) is 1.12. The van der Waals surface area contributed by atoms with Crippen LogP contribution < -0.4 is 0 Å². The summed E-state index contributed by atoms with van der Waals surface area (Å²) in [6, 6.07) is 5.79. The molecule has 0 aliphatic heterocycles. The van der Waals surface area contributed by atoms with E-state index in [2.05, 4.69) is 4.42 Å². The second kappa shape index (κ2) is 1.99. The van der Waals surface area contributed by atoms with Gasteiger partial charge in [0.1, 0.15) is 0 Å². The van der Waals surface area contributed by atoms with E-state index in [1.165, 1.54) is 0 Å². The van der Waals surface area contributed by atoms with Gasteiger partial charge in [-0.15, -0.1) is 0 Å². The molecule has 2 aromatic rings. The first-order chi connectivity index (χ1) is 5.29. The van der Waals surface area contributed by atoms with Crippen molar-refractivity contribution in [3.63, 3.8) is 0 Å². The monoisotopic (exact) mass is 152 g/mol. The highest BCUT2D eigenvalue weighted by Crippen LogP contribution is 2.29. The number of benzene rings is 1. The van der Waals surface area contributed by atoms with Gasteiger partial charge in [0.05, 0.1) is 10.8 Å². The Balaban J connectivity index is 2.95. The summed E-state index contributed by atoms with van der Waals surface area (Å²) in [5.41, 5.74) is 0.